The zero-order valence-corrected chi connectivity index (χ0v) is 13.6. The number of amides is 1. The average molecular weight is 301 g/mol. The fraction of sp³-hybridized carbons (Fsp3) is 0.412. The van der Waals surface area contributed by atoms with E-state index in [9.17, 15) is 4.79 Å². The minimum absolute atomic E-state index is 0.0113. The van der Waals surface area contributed by atoms with E-state index in [4.69, 9.17) is 4.74 Å². The van der Waals surface area contributed by atoms with Gasteiger partial charge >= 0.3 is 0 Å². The largest absolute Gasteiger partial charge is 0.494 e. The van der Waals surface area contributed by atoms with E-state index in [0.29, 0.717) is 13.0 Å². The van der Waals surface area contributed by atoms with Crippen LogP contribution in [0.2, 0.25) is 0 Å². The number of carbonyl (C=O) groups is 1. The predicted molar refractivity (Wildman–Crippen MR) is 87.0 cm³/mol. The van der Waals surface area contributed by atoms with Gasteiger partial charge in [0.1, 0.15) is 11.6 Å². The van der Waals surface area contributed by atoms with Crippen molar-refractivity contribution >= 4 is 11.7 Å². The summed E-state index contributed by atoms with van der Waals surface area (Å²) in [6.45, 7) is 6.31. The summed E-state index contributed by atoms with van der Waals surface area (Å²) in [7, 11) is 1.83. The summed E-state index contributed by atoms with van der Waals surface area (Å²) in [4.78, 5) is 12.3. The molecule has 2 aromatic rings. The van der Waals surface area contributed by atoms with Crippen molar-refractivity contribution in [3.63, 3.8) is 0 Å². The molecule has 0 saturated carbocycles. The number of aryl methyl sites for hydroxylation is 2. The van der Waals surface area contributed by atoms with Crippen molar-refractivity contribution in [1.29, 1.82) is 0 Å². The van der Waals surface area contributed by atoms with Gasteiger partial charge in [0.15, 0.2) is 0 Å². The van der Waals surface area contributed by atoms with E-state index in [1.165, 1.54) is 0 Å². The first-order chi connectivity index (χ1) is 10.5. The van der Waals surface area contributed by atoms with Crippen LogP contribution in [0.5, 0.6) is 5.75 Å². The number of carbonyl (C=O) groups excluding carboxylic acids is 1. The lowest BCUT2D eigenvalue weighted by atomic mass is 10.1. The molecule has 0 fully saturated rings. The first kappa shape index (κ1) is 16.1. The Hall–Kier alpha value is -2.30. The molecular formula is C17H23N3O2. The van der Waals surface area contributed by atoms with Crippen molar-refractivity contribution in [2.24, 2.45) is 13.0 Å². The summed E-state index contributed by atoms with van der Waals surface area (Å²) in [5, 5.41) is 7.26. The first-order valence-corrected chi connectivity index (χ1v) is 7.48. The molecule has 5 heteroatoms. The Balaban J connectivity index is 1.84. The van der Waals surface area contributed by atoms with E-state index < -0.39 is 0 Å². The lowest BCUT2D eigenvalue weighted by molar-refractivity contribution is -0.119. The Morgan fingerprint density at radius 1 is 1.32 bits per heavy atom. The Bertz CT molecular complexity index is 635. The summed E-state index contributed by atoms with van der Waals surface area (Å²) in [6.07, 6.45) is 0.663. The van der Waals surface area contributed by atoms with Gasteiger partial charge in [-0.05, 0) is 32.4 Å². The average Bonchev–Trinajstić information content (AvgIpc) is 2.74. The topological polar surface area (TPSA) is 56.2 Å². The van der Waals surface area contributed by atoms with Crippen molar-refractivity contribution in [2.75, 3.05) is 11.9 Å². The summed E-state index contributed by atoms with van der Waals surface area (Å²) in [6, 6.07) is 9.62. The second kappa shape index (κ2) is 7.11. The van der Waals surface area contributed by atoms with Crippen molar-refractivity contribution < 1.29 is 9.53 Å². The molecule has 118 valence electrons. The van der Waals surface area contributed by atoms with Crippen LogP contribution >= 0.6 is 0 Å². The molecule has 1 amide bonds. The maximum absolute atomic E-state index is 12.3. The number of ether oxygens (including phenoxy) is 1. The van der Waals surface area contributed by atoms with Gasteiger partial charge in [0.25, 0.3) is 0 Å². The van der Waals surface area contributed by atoms with Crippen LogP contribution in [0, 0.1) is 19.8 Å². The van der Waals surface area contributed by atoms with Gasteiger partial charge in [-0.3, -0.25) is 9.48 Å². The number of rotatable bonds is 6. The van der Waals surface area contributed by atoms with Gasteiger partial charge in [-0.15, -0.1) is 0 Å². The molecule has 2 rings (SSSR count). The van der Waals surface area contributed by atoms with Crippen LogP contribution in [-0.4, -0.2) is 22.3 Å². The molecule has 5 nitrogen and oxygen atoms in total. The highest BCUT2D eigenvalue weighted by atomic mass is 16.5. The fourth-order valence-corrected chi connectivity index (χ4v) is 2.18. The third kappa shape index (κ3) is 3.87. The quantitative estimate of drug-likeness (QED) is 0.892. The summed E-state index contributed by atoms with van der Waals surface area (Å²) in [5.74, 6) is 1.45. The number of benzene rings is 1. The number of anilines is 1. The molecule has 0 spiro atoms. The van der Waals surface area contributed by atoms with E-state index in [1.807, 2.05) is 58.2 Å². The Kier molecular flexibility index (Phi) is 5.20. The number of aromatic nitrogens is 2. The van der Waals surface area contributed by atoms with Crippen LogP contribution < -0.4 is 10.1 Å². The molecule has 1 aromatic carbocycles. The molecular weight excluding hydrogens is 278 g/mol. The Labute approximate surface area is 131 Å². The number of hydrogen-bond donors (Lipinski definition) is 1. The molecule has 1 heterocycles. The molecule has 0 radical (unpaired) electrons. The highest BCUT2D eigenvalue weighted by Crippen LogP contribution is 2.18. The molecule has 1 aromatic heterocycles. The maximum Gasteiger partial charge on any atom is 0.228 e. The zero-order chi connectivity index (χ0) is 16.1. The molecule has 22 heavy (non-hydrogen) atoms. The van der Waals surface area contributed by atoms with E-state index in [2.05, 4.69) is 10.4 Å². The number of nitrogens with zero attached hydrogens (tertiary/aromatic N) is 2. The standard InChI is InChI=1S/C17H23N3O2/c1-12(10-11-22-15-8-6-5-7-9-15)17(21)18-16-13(2)14(3)19-20(16)4/h5-9,12H,10-11H2,1-4H3,(H,18,21)/t12-/m1/s1. The second-order valence-electron chi connectivity index (χ2n) is 5.52. The molecule has 0 aliphatic carbocycles. The fourth-order valence-electron chi connectivity index (χ4n) is 2.18. The van der Waals surface area contributed by atoms with E-state index >= 15 is 0 Å². The molecule has 0 bridgehead atoms. The molecule has 1 atom stereocenters. The van der Waals surface area contributed by atoms with Gasteiger partial charge in [0, 0.05) is 18.5 Å². The SMILES string of the molecule is Cc1nn(C)c(NC(=O)[C@H](C)CCOc2ccccc2)c1C. The highest BCUT2D eigenvalue weighted by Gasteiger charge is 2.17. The van der Waals surface area contributed by atoms with Gasteiger partial charge in [-0.1, -0.05) is 25.1 Å². The van der Waals surface area contributed by atoms with Gasteiger partial charge in [-0.25, -0.2) is 0 Å². The Morgan fingerprint density at radius 2 is 2.00 bits per heavy atom. The first-order valence-electron chi connectivity index (χ1n) is 7.48. The summed E-state index contributed by atoms with van der Waals surface area (Å²) >= 11 is 0. The van der Waals surface area contributed by atoms with Crippen LogP contribution in [-0.2, 0) is 11.8 Å². The van der Waals surface area contributed by atoms with Crippen LogP contribution in [0.3, 0.4) is 0 Å². The predicted octanol–water partition coefficient (Wildman–Crippen LogP) is 3.08. The summed E-state index contributed by atoms with van der Waals surface area (Å²) < 4.78 is 7.34. The molecule has 0 unspecified atom stereocenters. The molecule has 0 aliphatic rings. The minimum atomic E-state index is -0.127. The van der Waals surface area contributed by atoms with Crippen molar-refractivity contribution in [3.8, 4) is 5.75 Å². The number of para-hydroxylation sites is 1. The molecule has 1 N–H and O–H groups in total. The molecule has 0 aliphatic heterocycles. The van der Waals surface area contributed by atoms with Crippen LogP contribution in [0.25, 0.3) is 0 Å². The number of nitrogens with one attached hydrogen (secondary N) is 1. The van der Waals surface area contributed by atoms with Gasteiger partial charge in [0.2, 0.25) is 5.91 Å². The lowest BCUT2D eigenvalue weighted by Crippen LogP contribution is -2.23. The summed E-state index contributed by atoms with van der Waals surface area (Å²) in [5.41, 5.74) is 1.93. The third-order valence-corrected chi connectivity index (χ3v) is 3.77. The van der Waals surface area contributed by atoms with Crippen LogP contribution in [0.4, 0.5) is 5.82 Å². The minimum Gasteiger partial charge on any atom is -0.494 e. The third-order valence-electron chi connectivity index (χ3n) is 3.77. The highest BCUT2D eigenvalue weighted by molar-refractivity contribution is 5.92. The number of hydrogen-bond acceptors (Lipinski definition) is 3. The molecule has 0 saturated heterocycles. The Morgan fingerprint density at radius 3 is 2.59 bits per heavy atom. The van der Waals surface area contributed by atoms with Gasteiger partial charge in [-0.2, -0.15) is 5.10 Å². The van der Waals surface area contributed by atoms with Gasteiger partial charge < -0.3 is 10.1 Å². The van der Waals surface area contributed by atoms with Crippen LogP contribution in [0.15, 0.2) is 30.3 Å². The monoisotopic (exact) mass is 301 g/mol. The van der Waals surface area contributed by atoms with E-state index in [1.54, 1.807) is 4.68 Å². The van der Waals surface area contributed by atoms with Crippen molar-refractivity contribution in [3.05, 3.63) is 41.6 Å². The zero-order valence-electron chi connectivity index (χ0n) is 13.6. The van der Waals surface area contributed by atoms with E-state index in [0.717, 1.165) is 22.8 Å². The maximum atomic E-state index is 12.3. The normalized spacial score (nSPS) is 12.0. The van der Waals surface area contributed by atoms with Crippen molar-refractivity contribution in [1.82, 2.24) is 9.78 Å². The smallest absolute Gasteiger partial charge is 0.228 e. The van der Waals surface area contributed by atoms with Crippen LogP contribution in [0.1, 0.15) is 24.6 Å². The second-order valence-corrected chi connectivity index (χ2v) is 5.52. The van der Waals surface area contributed by atoms with E-state index in [-0.39, 0.29) is 11.8 Å². The lowest BCUT2D eigenvalue weighted by Gasteiger charge is -2.13. The van der Waals surface area contributed by atoms with Gasteiger partial charge in [0.05, 0.1) is 12.3 Å². The van der Waals surface area contributed by atoms with Crippen molar-refractivity contribution in [2.45, 2.75) is 27.2 Å².